The van der Waals surface area contributed by atoms with E-state index in [1.807, 2.05) is 18.2 Å². The zero-order chi connectivity index (χ0) is 13.0. The molecule has 0 fully saturated rings. The van der Waals surface area contributed by atoms with Gasteiger partial charge in [-0.1, -0.05) is 19.4 Å². The van der Waals surface area contributed by atoms with Gasteiger partial charge in [0, 0.05) is 6.61 Å². The molecule has 0 radical (unpaired) electrons. The van der Waals surface area contributed by atoms with E-state index in [1.54, 1.807) is 7.11 Å². The fourth-order valence-corrected chi connectivity index (χ4v) is 2.42. The summed E-state index contributed by atoms with van der Waals surface area (Å²) in [5, 5.41) is 10.3. The van der Waals surface area contributed by atoms with Crippen LogP contribution in [0.4, 0.5) is 0 Å². The van der Waals surface area contributed by atoms with Crippen molar-refractivity contribution in [3.63, 3.8) is 0 Å². The van der Waals surface area contributed by atoms with Gasteiger partial charge in [-0.2, -0.15) is 0 Å². The van der Waals surface area contributed by atoms with Crippen molar-refractivity contribution in [1.82, 2.24) is 0 Å². The van der Waals surface area contributed by atoms with E-state index in [0.29, 0.717) is 0 Å². The quantitative estimate of drug-likeness (QED) is 0.817. The maximum Gasteiger partial charge on any atom is 0.119 e. The summed E-state index contributed by atoms with van der Waals surface area (Å²) in [5.41, 5.74) is 2.17. The first kappa shape index (κ1) is 13.4. The molecular formula is C15H22O3. The van der Waals surface area contributed by atoms with Crippen LogP contribution in [0.2, 0.25) is 0 Å². The molecule has 3 heteroatoms. The molecule has 1 aromatic rings. The first-order chi connectivity index (χ1) is 8.76. The smallest absolute Gasteiger partial charge is 0.119 e. The number of benzene rings is 1. The number of ether oxygens (including phenoxy) is 2. The molecule has 0 aliphatic heterocycles. The van der Waals surface area contributed by atoms with Crippen LogP contribution in [0.25, 0.3) is 0 Å². The average Bonchev–Trinajstić information content (AvgIpc) is 2.41. The van der Waals surface area contributed by atoms with Gasteiger partial charge in [0.1, 0.15) is 11.9 Å². The van der Waals surface area contributed by atoms with Crippen molar-refractivity contribution in [2.45, 2.75) is 44.8 Å². The van der Waals surface area contributed by atoms with Crippen molar-refractivity contribution >= 4 is 0 Å². The standard InChI is InChI=1S/C15H22O3/c1-3-4-9-18-14-8-5-11-10-12(17-2)6-7-13(11)15(14)16/h6-7,10,14-16H,3-5,8-9H2,1-2H3. The van der Waals surface area contributed by atoms with Crippen LogP contribution < -0.4 is 4.74 Å². The summed E-state index contributed by atoms with van der Waals surface area (Å²) >= 11 is 0. The van der Waals surface area contributed by atoms with Crippen molar-refractivity contribution in [3.05, 3.63) is 29.3 Å². The summed E-state index contributed by atoms with van der Waals surface area (Å²) in [6.07, 6.45) is 3.44. The third-order valence-corrected chi connectivity index (χ3v) is 3.55. The van der Waals surface area contributed by atoms with Crippen LogP contribution in [0.1, 0.15) is 43.4 Å². The molecule has 1 aromatic carbocycles. The molecule has 1 N–H and O–H groups in total. The highest BCUT2D eigenvalue weighted by Gasteiger charge is 2.28. The van der Waals surface area contributed by atoms with E-state index in [1.165, 1.54) is 5.56 Å². The lowest BCUT2D eigenvalue weighted by Crippen LogP contribution is -2.28. The molecule has 1 aliphatic rings. The number of rotatable bonds is 5. The van der Waals surface area contributed by atoms with Gasteiger partial charge in [-0.05, 0) is 42.5 Å². The van der Waals surface area contributed by atoms with Crippen molar-refractivity contribution < 1.29 is 14.6 Å². The second-order valence-corrected chi connectivity index (χ2v) is 4.81. The Morgan fingerprint density at radius 3 is 2.94 bits per heavy atom. The molecule has 2 rings (SSSR count). The lowest BCUT2D eigenvalue weighted by Gasteiger charge is -2.30. The van der Waals surface area contributed by atoms with Crippen LogP contribution in [-0.2, 0) is 11.2 Å². The number of hydrogen-bond donors (Lipinski definition) is 1. The minimum Gasteiger partial charge on any atom is -0.497 e. The highest BCUT2D eigenvalue weighted by atomic mass is 16.5. The largest absolute Gasteiger partial charge is 0.497 e. The predicted molar refractivity (Wildman–Crippen MR) is 70.9 cm³/mol. The summed E-state index contributed by atoms with van der Waals surface area (Å²) < 4.78 is 11.0. The monoisotopic (exact) mass is 250 g/mol. The summed E-state index contributed by atoms with van der Waals surface area (Å²) in [7, 11) is 1.66. The molecule has 2 atom stereocenters. The minimum absolute atomic E-state index is 0.0579. The highest BCUT2D eigenvalue weighted by molar-refractivity contribution is 5.39. The lowest BCUT2D eigenvalue weighted by molar-refractivity contribution is -0.0490. The lowest BCUT2D eigenvalue weighted by atomic mass is 9.87. The van der Waals surface area contributed by atoms with Gasteiger partial charge in [-0.25, -0.2) is 0 Å². The predicted octanol–water partition coefficient (Wildman–Crippen LogP) is 2.86. The maximum atomic E-state index is 10.3. The van der Waals surface area contributed by atoms with Crippen LogP contribution in [0, 0.1) is 0 Å². The Bertz CT molecular complexity index is 389. The van der Waals surface area contributed by atoms with Gasteiger partial charge in [0.2, 0.25) is 0 Å². The molecule has 0 bridgehead atoms. The number of fused-ring (bicyclic) bond motifs is 1. The van der Waals surface area contributed by atoms with E-state index < -0.39 is 6.10 Å². The Balaban J connectivity index is 2.06. The Kier molecular flexibility index (Phi) is 4.61. The SMILES string of the molecule is CCCCOC1CCc2cc(OC)ccc2C1O. The number of aryl methyl sites for hydroxylation is 1. The van der Waals surface area contributed by atoms with Gasteiger partial charge < -0.3 is 14.6 Å². The Morgan fingerprint density at radius 2 is 2.22 bits per heavy atom. The van der Waals surface area contributed by atoms with Gasteiger partial charge in [0.05, 0.1) is 13.2 Å². The summed E-state index contributed by atoms with van der Waals surface area (Å²) in [4.78, 5) is 0. The molecule has 18 heavy (non-hydrogen) atoms. The first-order valence-electron chi connectivity index (χ1n) is 6.72. The van der Waals surface area contributed by atoms with Crippen LogP contribution in [-0.4, -0.2) is 24.9 Å². The zero-order valence-corrected chi connectivity index (χ0v) is 11.2. The van der Waals surface area contributed by atoms with Gasteiger partial charge in [-0.3, -0.25) is 0 Å². The first-order valence-corrected chi connectivity index (χ1v) is 6.72. The maximum absolute atomic E-state index is 10.3. The zero-order valence-electron chi connectivity index (χ0n) is 11.2. The third kappa shape index (κ3) is 2.85. The van der Waals surface area contributed by atoms with E-state index >= 15 is 0 Å². The van der Waals surface area contributed by atoms with Crippen LogP contribution >= 0.6 is 0 Å². The van der Waals surface area contributed by atoms with E-state index in [-0.39, 0.29) is 6.10 Å². The molecule has 1 aliphatic carbocycles. The minimum atomic E-state index is -0.503. The topological polar surface area (TPSA) is 38.7 Å². The second-order valence-electron chi connectivity index (χ2n) is 4.81. The average molecular weight is 250 g/mol. The number of hydrogen-bond acceptors (Lipinski definition) is 3. The van der Waals surface area contributed by atoms with Crippen LogP contribution in [0.15, 0.2) is 18.2 Å². The number of unbranched alkanes of at least 4 members (excludes halogenated alkanes) is 1. The molecule has 0 heterocycles. The van der Waals surface area contributed by atoms with Gasteiger partial charge >= 0.3 is 0 Å². The van der Waals surface area contributed by atoms with Gasteiger partial charge in [0.25, 0.3) is 0 Å². The molecule has 0 amide bonds. The molecule has 3 nitrogen and oxygen atoms in total. The number of aliphatic hydroxyl groups excluding tert-OH is 1. The van der Waals surface area contributed by atoms with Gasteiger partial charge in [-0.15, -0.1) is 0 Å². The summed E-state index contributed by atoms with van der Waals surface area (Å²) in [6, 6.07) is 5.87. The fourth-order valence-electron chi connectivity index (χ4n) is 2.42. The molecule has 0 saturated carbocycles. The van der Waals surface area contributed by atoms with E-state index in [9.17, 15) is 5.11 Å². The Morgan fingerprint density at radius 1 is 1.39 bits per heavy atom. The third-order valence-electron chi connectivity index (χ3n) is 3.55. The normalized spacial score (nSPS) is 22.6. The molecule has 100 valence electrons. The van der Waals surface area contributed by atoms with E-state index in [2.05, 4.69) is 6.92 Å². The van der Waals surface area contributed by atoms with Crippen molar-refractivity contribution in [3.8, 4) is 5.75 Å². The summed E-state index contributed by atoms with van der Waals surface area (Å²) in [5.74, 6) is 0.853. The number of aliphatic hydroxyl groups is 1. The molecule has 0 aromatic heterocycles. The van der Waals surface area contributed by atoms with E-state index in [0.717, 1.165) is 43.6 Å². The molecule has 0 saturated heterocycles. The van der Waals surface area contributed by atoms with Crippen molar-refractivity contribution in [1.29, 1.82) is 0 Å². The summed E-state index contributed by atoms with van der Waals surface area (Å²) in [6.45, 7) is 2.88. The Hall–Kier alpha value is -1.06. The molecular weight excluding hydrogens is 228 g/mol. The second kappa shape index (κ2) is 6.21. The molecule has 2 unspecified atom stereocenters. The fraction of sp³-hybridized carbons (Fsp3) is 0.600. The number of methoxy groups -OCH3 is 1. The Labute approximate surface area is 109 Å². The highest BCUT2D eigenvalue weighted by Crippen LogP contribution is 2.33. The van der Waals surface area contributed by atoms with Crippen LogP contribution in [0.5, 0.6) is 5.75 Å². The van der Waals surface area contributed by atoms with E-state index in [4.69, 9.17) is 9.47 Å². The van der Waals surface area contributed by atoms with Gasteiger partial charge in [0.15, 0.2) is 0 Å². The van der Waals surface area contributed by atoms with Crippen LogP contribution in [0.3, 0.4) is 0 Å². The molecule has 0 spiro atoms. The van der Waals surface area contributed by atoms with Crippen molar-refractivity contribution in [2.75, 3.05) is 13.7 Å². The van der Waals surface area contributed by atoms with Crippen molar-refractivity contribution in [2.24, 2.45) is 0 Å².